The minimum Gasteiger partial charge on any atom is -0.486 e. The average molecular weight is 339 g/mol. The lowest BCUT2D eigenvalue weighted by Gasteiger charge is -2.31. The number of halogens is 5. The lowest BCUT2D eigenvalue weighted by atomic mass is 10.0. The lowest BCUT2D eigenvalue weighted by molar-refractivity contribution is -0.260. The third-order valence-corrected chi connectivity index (χ3v) is 3.86. The smallest absolute Gasteiger partial charge is 0.419 e. The molecule has 0 saturated carbocycles. The minimum absolute atomic E-state index is 0.00707. The number of ether oxygens (including phenoxy) is 2. The highest BCUT2D eigenvalue weighted by Gasteiger charge is 2.59. The number of rotatable bonds is 4. The molecule has 8 heteroatoms. The van der Waals surface area contributed by atoms with Gasteiger partial charge < -0.3 is 14.4 Å². The standard InChI is InChI=1S/C15H18F5NO2/c1-9(2)23-13-11(5-4-10(16)12(13)17)21-7-6-14(8-21,22-3)15(18,19)20/h4-5,9H,6-8H2,1-3H3. The van der Waals surface area contributed by atoms with Gasteiger partial charge >= 0.3 is 6.18 Å². The topological polar surface area (TPSA) is 21.7 Å². The van der Waals surface area contributed by atoms with Crippen LogP contribution in [0.2, 0.25) is 0 Å². The van der Waals surface area contributed by atoms with E-state index in [0.29, 0.717) is 0 Å². The lowest BCUT2D eigenvalue weighted by Crippen LogP contribution is -2.49. The highest BCUT2D eigenvalue weighted by atomic mass is 19.4. The van der Waals surface area contributed by atoms with Crippen LogP contribution in [0.15, 0.2) is 12.1 Å². The second-order valence-corrected chi connectivity index (χ2v) is 5.74. The van der Waals surface area contributed by atoms with Crippen molar-refractivity contribution in [3.8, 4) is 5.75 Å². The van der Waals surface area contributed by atoms with Crippen LogP contribution in [0, 0.1) is 11.6 Å². The van der Waals surface area contributed by atoms with Gasteiger partial charge in [0, 0.05) is 20.1 Å². The summed E-state index contributed by atoms with van der Waals surface area (Å²) in [5.74, 6) is -2.70. The fourth-order valence-corrected chi connectivity index (χ4v) is 2.62. The summed E-state index contributed by atoms with van der Waals surface area (Å²) in [4.78, 5) is 1.30. The quantitative estimate of drug-likeness (QED) is 0.777. The van der Waals surface area contributed by atoms with Gasteiger partial charge in [-0.1, -0.05) is 0 Å². The largest absolute Gasteiger partial charge is 0.486 e. The number of nitrogens with zero attached hydrogens (tertiary/aromatic N) is 1. The first-order valence-corrected chi connectivity index (χ1v) is 7.13. The van der Waals surface area contributed by atoms with Crippen molar-refractivity contribution in [2.45, 2.75) is 38.1 Å². The molecule has 1 aromatic rings. The minimum atomic E-state index is -4.56. The molecule has 1 unspecified atom stereocenters. The molecule has 2 rings (SSSR count). The molecule has 0 amide bonds. The first kappa shape index (κ1) is 17.8. The summed E-state index contributed by atoms with van der Waals surface area (Å²) >= 11 is 0. The van der Waals surface area contributed by atoms with Gasteiger partial charge in [0.25, 0.3) is 0 Å². The molecule has 1 heterocycles. The van der Waals surface area contributed by atoms with Crippen molar-refractivity contribution in [3.63, 3.8) is 0 Å². The number of hydrogen-bond acceptors (Lipinski definition) is 3. The van der Waals surface area contributed by atoms with Gasteiger partial charge in [-0.3, -0.25) is 0 Å². The SMILES string of the molecule is COC1(C(F)(F)F)CCN(c2ccc(F)c(F)c2OC(C)C)C1. The normalized spacial score (nSPS) is 22.0. The second kappa shape index (κ2) is 6.14. The Morgan fingerprint density at radius 1 is 1.22 bits per heavy atom. The van der Waals surface area contributed by atoms with Crippen LogP contribution in [0.1, 0.15) is 20.3 Å². The van der Waals surface area contributed by atoms with E-state index in [4.69, 9.17) is 9.47 Å². The van der Waals surface area contributed by atoms with Crippen molar-refractivity contribution in [1.29, 1.82) is 0 Å². The maximum Gasteiger partial charge on any atom is 0.419 e. The van der Waals surface area contributed by atoms with Crippen LogP contribution in [0.3, 0.4) is 0 Å². The van der Waals surface area contributed by atoms with Crippen molar-refractivity contribution in [1.82, 2.24) is 0 Å². The van der Waals surface area contributed by atoms with E-state index in [1.807, 2.05) is 0 Å². The maximum atomic E-state index is 14.0. The molecule has 3 nitrogen and oxygen atoms in total. The number of benzene rings is 1. The van der Waals surface area contributed by atoms with Crippen LogP contribution in [0.5, 0.6) is 5.75 Å². The predicted molar refractivity (Wildman–Crippen MR) is 74.7 cm³/mol. The summed E-state index contributed by atoms with van der Waals surface area (Å²) in [7, 11) is 0.994. The summed E-state index contributed by atoms with van der Waals surface area (Å²) in [6.45, 7) is 2.72. The Kier molecular flexibility index (Phi) is 4.75. The van der Waals surface area contributed by atoms with Gasteiger partial charge in [-0.15, -0.1) is 0 Å². The van der Waals surface area contributed by atoms with Gasteiger partial charge in [0.05, 0.1) is 18.3 Å². The summed E-state index contributed by atoms with van der Waals surface area (Å²) in [6, 6.07) is 2.09. The highest BCUT2D eigenvalue weighted by molar-refractivity contribution is 5.60. The van der Waals surface area contributed by atoms with Gasteiger partial charge in [0.15, 0.2) is 17.2 Å². The molecule has 1 atom stereocenters. The Hall–Kier alpha value is -1.57. The zero-order valence-electron chi connectivity index (χ0n) is 13.0. The molecule has 0 aromatic heterocycles. The van der Waals surface area contributed by atoms with E-state index in [0.717, 1.165) is 13.2 Å². The third-order valence-electron chi connectivity index (χ3n) is 3.86. The molecule has 1 aliphatic heterocycles. The molecule has 0 spiro atoms. The van der Waals surface area contributed by atoms with E-state index in [9.17, 15) is 22.0 Å². The van der Waals surface area contributed by atoms with Crippen LogP contribution in [0.4, 0.5) is 27.6 Å². The van der Waals surface area contributed by atoms with Crippen molar-refractivity contribution < 1.29 is 31.4 Å². The van der Waals surface area contributed by atoms with Gasteiger partial charge in [-0.25, -0.2) is 4.39 Å². The first-order valence-electron chi connectivity index (χ1n) is 7.13. The Morgan fingerprint density at radius 3 is 2.35 bits per heavy atom. The zero-order valence-corrected chi connectivity index (χ0v) is 13.0. The maximum absolute atomic E-state index is 14.0. The second-order valence-electron chi connectivity index (χ2n) is 5.74. The molecule has 0 aliphatic carbocycles. The van der Waals surface area contributed by atoms with Crippen molar-refractivity contribution >= 4 is 5.69 Å². The Labute approximate surface area is 131 Å². The number of hydrogen-bond donors (Lipinski definition) is 0. The first-order chi connectivity index (χ1) is 10.6. The highest BCUT2D eigenvalue weighted by Crippen LogP contribution is 2.44. The molecular formula is C15H18F5NO2. The fourth-order valence-electron chi connectivity index (χ4n) is 2.62. The van der Waals surface area contributed by atoms with Crippen molar-refractivity contribution in [2.24, 2.45) is 0 Å². The van der Waals surface area contributed by atoms with E-state index in [1.165, 1.54) is 11.0 Å². The third kappa shape index (κ3) is 3.22. The molecule has 0 radical (unpaired) electrons. The summed E-state index contributed by atoms with van der Waals surface area (Å²) < 4.78 is 77.1. The molecule has 1 saturated heterocycles. The molecule has 1 aromatic carbocycles. The molecule has 0 N–H and O–H groups in total. The summed E-state index contributed by atoms with van der Waals surface area (Å²) in [5, 5.41) is 0. The number of alkyl halides is 3. The van der Waals surface area contributed by atoms with Crippen LogP contribution in [0.25, 0.3) is 0 Å². The van der Waals surface area contributed by atoms with Crippen LogP contribution >= 0.6 is 0 Å². The van der Waals surface area contributed by atoms with Crippen LogP contribution in [-0.2, 0) is 4.74 Å². The van der Waals surface area contributed by atoms with Gasteiger partial charge in [-0.2, -0.15) is 17.6 Å². The average Bonchev–Trinajstić information content (AvgIpc) is 2.89. The van der Waals surface area contributed by atoms with Crippen LogP contribution in [-0.4, -0.2) is 38.1 Å². The number of anilines is 1. The molecule has 23 heavy (non-hydrogen) atoms. The van der Waals surface area contributed by atoms with E-state index in [2.05, 4.69) is 0 Å². The van der Waals surface area contributed by atoms with Crippen molar-refractivity contribution in [3.05, 3.63) is 23.8 Å². The number of methoxy groups -OCH3 is 1. The molecule has 130 valence electrons. The van der Waals surface area contributed by atoms with E-state index < -0.39 is 36.1 Å². The zero-order chi connectivity index (χ0) is 17.4. The summed E-state index contributed by atoms with van der Waals surface area (Å²) in [6.07, 6.45) is -5.32. The Bertz CT molecular complexity index is 576. The van der Waals surface area contributed by atoms with Crippen molar-refractivity contribution in [2.75, 3.05) is 25.1 Å². The molecule has 0 bridgehead atoms. The Balaban J connectivity index is 2.39. The van der Waals surface area contributed by atoms with E-state index in [-0.39, 0.29) is 24.4 Å². The van der Waals surface area contributed by atoms with Gasteiger partial charge in [0.1, 0.15) is 0 Å². The molecule has 1 aliphatic rings. The van der Waals surface area contributed by atoms with E-state index in [1.54, 1.807) is 13.8 Å². The summed E-state index contributed by atoms with van der Waals surface area (Å²) in [5.41, 5.74) is -2.24. The monoisotopic (exact) mass is 339 g/mol. The molecular weight excluding hydrogens is 321 g/mol. The molecule has 1 fully saturated rings. The fraction of sp³-hybridized carbons (Fsp3) is 0.600. The Morgan fingerprint density at radius 2 is 1.87 bits per heavy atom. The van der Waals surface area contributed by atoms with Gasteiger partial charge in [0.2, 0.25) is 5.82 Å². The van der Waals surface area contributed by atoms with Gasteiger partial charge in [-0.05, 0) is 26.0 Å². The predicted octanol–water partition coefficient (Wildman–Crippen LogP) is 3.91. The van der Waals surface area contributed by atoms with E-state index >= 15 is 0 Å². The van der Waals surface area contributed by atoms with Crippen LogP contribution < -0.4 is 9.64 Å².